The van der Waals surface area contributed by atoms with Crippen molar-refractivity contribution < 1.29 is 20.4 Å². The van der Waals surface area contributed by atoms with Crippen LogP contribution in [0.15, 0.2) is 72.8 Å². The highest BCUT2D eigenvalue weighted by molar-refractivity contribution is 5.53. The Balaban J connectivity index is 1.96. The van der Waals surface area contributed by atoms with Crippen molar-refractivity contribution in [2.45, 2.75) is 52.4 Å². The summed E-state index contributed by atoms with van der Waals surface area (Å²) >= 11 is 0. The molecule has 0 bridgehead atoms. The van der Waals surface area contributed by atoms with Gasteiger partial charge in [-0.2, -0.15) is 0 Å². The zero-order valence-electron chi connectivity index (χ0n) is 21.5. The Kier molecular flexibility index (Phi) is 6.73. The van der Waals surface area contributed by atoms with Gasteiger partial charge in [-0.3, -0.25) is 0 Å². The van der Waals surface area contributed by atoms with E-state index in [9.17, 15) is 20.4 Å². The normalized spacial score (nSPS) is 11.7. The second-order valence-electron chi connectivity index (χ2n) is 10.2. The molecule has 0 saturated heterocycles. The number of aromatic hydroxyl groups is 4. The summed E-state index contributed by atoms with van der Waals surface area (Å²) in [4.78, 5) is 0. The molecular weight excluding hydrogens is 448 g/mol. The second kappa shape index (κ2) is 9.62. The number of hydrogen-bond donors (Lipinski definition) is 4. The molecule has 0 aliphatic heterocycles. The van der Waals surface area contributed by atoms with Crippen LogP contribution in [0.5, 0.6) is 23.0 Å². The highest BCUT2D eigenvalue weighted by Crippen LogP contribution is 2.46. The molecule has 0 fully saturated rings. The van der Waals surface area contributed by atoms with Crippen LogP contribution in [0.4, 0.5) is 0 Å². The first kappa shape index (κ1) is 25.2. The Morgan fingerprint density at radius 3 is 1.17 bits per heavy atom. The second-order valence-corrected chi connectivity index (χ2v) is 10.2. The molecular formula is C32H34O4. The third-order valence-electron chi connectivity index (χ3n) is 7.46. The van der Waals surface area contributed by atoms with E-state index in [4.69, 9.17) is 0 Å². The quantitative estimate of drug-likeness (QED) is 0.233. The summed E-state index contributed by atoms with van der Waals surface area (Å²) in [6.45, 7) is 9.86. The minimum absolute atomic E-state index is 0.0555. The smallest absolute Gasteiger partial charge is 0.121 e. The molecule has 4 aromatic carbocycles. The third kappa shape index (κ3) is 4.76. The molecule has 0 aliphatic rings. The number of hydrogen-bond acceptors (Lipinski definition) is 4. The number of phenolic OH excluding ortho intramolecular Hbond substituents is 4. The third-order valence-corrected chi connectivity index (χ3v) is 7.46. The van der Waals surface area contributed by atoms with Crippen molar-refractivity contribution in [3.05, 3.63) is 117 Å². The van der Waals surface area contributed by atoms with Crippen molar-refractivity contribution in [2.24, 2.45) is 0 Å². The van der Waals surface area contributed by atoms with Crippen molar-refractivity contribution in [1.29, 1.82) is 0 Å². The maximum absolute atomic E-state index is 10.5. The van der Waals surface area contributed by atoms with E-state index in [2.05, 4.69) is 6.92 Å². The predicted octanol–water partition coefficient (Wildman–Crippen LogP) is 7.27. The molecule has 4 rings (SSSR count). The fourth-order valence-electron chi connectivity index (χ4n) is 5.20. The summed E-state index contributed by atoms with van der Waals surface area (Å²) in [7, 11) is 0. The number of benzene rings is 4. The first-order valence-corrected chi connectivity index (χ1v) is 12.2. The molecule has 0 spiro atoms. The van der Waals surface area contributed by atoms with Gasteiger partial charge in [-0.25, -0.2) is 0 Å². The summed E-state index contributed by atoms with van der Waals surface area (Å²) in [6, 6.07) is 22.7. The van der Waals surface area contributed by atoms with E-state index in [0.717, 1.165) is 44.5 Å². The fraction of sp³-hybridized carbons (Fsp3) is 0.250. The molecule has 0 amide bonds. The molecule has 0 aromatic heterocycles. The Hall–Kier alpha value is -3.92. The van der Waals surface area contributed by atoms with Crippen molar-refractivity contribution in [3.63, 3.8) is 0 Å². The fourth-order valence-corrected chi connectivity index (χ4v) is 5.20. The Labute approximate surface area is 213 Å². The molecule has 0 aliphatic carbocycles. The molecule has 0 heterocycles. The molecule has 36 heavy (non-hydrogen) atoms. The molecule has 0 atom stereocenters. The first-order valence-electron chi connectivity index (χ1n) is 12.2. The molecule has 4 heteroatoms. The van der Waals surface area contributed by atoms with Gasteiger partial charge in [0.2, 0.25) is 0 Å². The lowest BCUT2D eigenvalue weighted by Gasteiger charge is -2.36. The van der Waals surface area contributed by atoms with Gasteiger partial charge in [0, 0.05) is 11.3 Å². The van der Waals surface area contributed by atoms with E-state index in [-0.39, 0.29) is 17.4 Å². The predicted molar refractivity (Wildman–Crippen MR) is 144 cm³/mol. The van der Waals surface area contributed by atoms with E-state index in [1.807, 2.05) is 76.2 Å². The summed E-state index contributed by atoms with van der Waals surface area (Å²) in [6.07, 6.45) is 0.676. The monoisotopic (exact) mass is 482 g/mol. The van der Waals surface area contributed by atoms with Crippen LogP contribution in [0, 0.1) is 27.7 Å². The van der Waals surface area contributed by atoms with Crippen molar-refractivity contribution in [1.82, 2.24) is 0 Å². The van der Waals surface area contributed by atoms with Crippen LogP contribution < -0.4 is 0 Å². The summed E-state index contributed by atoms with van der Waals surface area (Å²) in [5, 5.41) is 40.9. The van der Waals surface area contributed by atoms with Gasteiger partial charge in [-0.05, 0) is 103 Å². The van der Waals surface area contributed by atoms with Crippen LogP contribution in [-0.2, 0) is 5.41 Å². The molecule has 186 valence electrons. The van der Waals surface area contributed by atoms with Gasteiger partial charge in [0.25, 0.3) is 0 Å². The minimum atomic E-state index is -0.493. The first-order chi connectivity index (χ1) is 17.0. The standard InChI is InChI=1S/C32H34O4/c1-19-14-25(15-20(2)30(19)35)32(5,26-16-21(3)31(36)22(4)17-26)18-29(23-6-10-27(33)11-7-23)24-8-12-28(34)13-9-24/h6-17,29,33-36H,18H2,1-5H3. The van der Waals surface area contributed by atoms with E-state index in [1.54, 1.807) is 24.3 Å². The maximum Gasteiger partial charge on any atom is 0.121 e. The molecule has 4 nitrogen and oxygen atoms in total. The van der Waals surface area contributed by atoms with E-state index < -0.39 is 5.41 Å². The molecule has 4 N–H and O–H groups in total. The van der Waals surface area contributed by atoms with Crippen LogP contribution in [0.1, 0.15) is 63.8 Å². The zero-order chi connectivity index (χ0) is 26.2. The number of phenols is 4. The average molecular weight is 483 g/mol. The van der Waals surface area contributed by atoms with E-state index in [0.29, 0.717) is 17.9 Å². The lowest BCUT2D eigenvalue weighted by atomic mass is 9.67. The Morgan fingerprint density at radius 2 is 0.861 bits per heavy atom. The van der Waals surface area contributed by atoms with Crippen molar-refractivity contribution in [2.75, 3.05) is 0 Å². The number of rotatable bonds is 6. The average Bonchev–Trinajstić information content (AvgIpc) is 2.85. The van der Waals surface area contributed by atoms with Gasteiger partial charge in [0.1, 0.15) is 23.0 Å². The van der Waals surface area contributed by atoms with Crippen LogP contribution in [-0.4, -0.2) is 20.4 Å². The van der Waals surface area contributed by atoms with Gasteiger partial charge in [0.05, 0.1) is 0 Å². The highest BCUT2D eigenvalue weighted by atomic mass is 16.3. The van der Waals surface area contributed by atoms with Gasteiger partial charge in [-0.15, -0.1) is 0 Å². The summed E-state index contributed by atoms with van der Waals surface area (Å²) in [5.41, 5.74) is 7.00. The van der Waals surface area contributed by atoms with E-state index in [1.165, 1.54) is 0 Å². The minimum Gasteiger partial charge on any atom is -0.508 e. The molecule has 0 saturated carbocycles. The van der Waals surface area contributed by atoms with Crippen LogP contribution in [0.25, 0.3) is 0 Å². The van der Waals surface area contributed by atoms with Crippen LogP contribution >= 0.6 is 0 Å². The summed E-state index contributed by atoms with van der Waals surface area (Å²) < 4.78 is 0. The Bertz CT molecular complexity index is 1240. The zero-order valence-corrected chi connectivity index (χ0v) is 21.5. The molecule has 0 unspecified atom stereocenters. The van der Waals surface area contributed by atoms with Gasteiger partial charge in [0.15, 0.2) is 0 Å². The van der Waals surface area contributed by atoms with Crippen LogP contribution in [0.3, 0.4) is 0 Å². The SMILES string of the molecule is Cc1cc(C(C)(CC(c2ccc(O)cc2)c2ccc(O)cc2)c2cc(C)c(O)c(C)c2)cc(C)c1O. The number of aryl methyl sites for hydroxylation is 4. The van der Waals surface area contributed by atoms with Crippen LogP contribution in [0.2, 0.25) is 0 Å². The van der Waals surface area contributed by atoms with E-state index >= 15 is 0 Å². The van der Waals surface area contributed by atoms with Crippen molar-refractivity contribution >= 4 is 0 Å². The molecule has 0 radical (unpaired) electrons. The lowest BCUT2D eigenvalue weighted by molar-refractivity contribution is 0.456. The maximum atomic E-state index is 10.5. The van der Waals surface area contributed by atoms with Gasteiger partial charge >= 0.3 is 0 Å². The topological polar surface area (TPSA) is 80.9 Å². The molecule has 4 aromatic rings. The van der Waals surface area contributed by atoms with Gasteiger partial charge in [-0.1, -0.05) is 55.5 Å². The lowest BCUT2D eigenvalue weighted by Crippen LogP contribution is -2.28. The van der Waals surface area contributed by atoms with Gasteiger partial charge < -0.3 is 20.4 Å². The van der Waals surface area contributed by atoms with Crippen molar-refractivity contribution in [3.8, 4) is 23.0 Å². The summed E-state index contributed by atoms with van der Waals surface area (Å²) in [5.74, 6) is 0.960. The largest absolute Gasteiger partial charge is 0.508 e. The Morgan fingerprint density at radius 1 is 0.556 bits per heavy atom. The highest BCUT2D eigenvalue weighted by Gasteiger charge is 2.35.